The molecular formula is C16H21N3O. The molecule has 1 amide bonds. The van der Waals surface area contributed by atoms with Crippen LogP contribution in [-0.4, -0.2) is 32.9 Å². The van der Waals surface area contributed by atoms with E-state index < -0.39 is 0 Å². The van der Waals surface area contributed by atoms with Gasteiger partial charge in [-0.1, -0.05) is 19.1 Å². The Balaban J connectivity index is 1.91. The highest BCUT2D eigenvalue weighted by molar-refractivity contribution is 5.81. The summed E-state index contributed by atoms with van der Waals surface area (Å²) in [5, 5.41) is 0. The predicted octanol–water partition coefficient (Wildman–Crippen LogP) is 2.61. The first-order chi connectivity index (χ1) is 9.74. The molecule has 20 heavy (non-hydrogen) atoms. The fourth-order valence-corrected chi connectivity index (χ4v) is 2.82. The van der Waals surface area contributed by atoms with Gasteiger partial charge in [0.25, 0.3) is 0 Å². The molecule has 0 radical (unpaired) electrons. The van der Waals surface area contributed by atoms with Gasteiger partial charge >= 0.3 is 0 Å². The van der Waals surface area contributed by atoms with Gasteiger partial charge < -0.3 is 9.47 Å². The number of imidazole rings is 1. The van der Waals surface area contributed by atoms with Crippen molar-refractivity contribution in [2.75, 3.05) is 6.54 Å². The van der Waals surface area contributed by atoms with Gasteiger partial charge in [-0.25, -0.2) is 4.98 Å². The number of hydrogen-bond acceptors (Lipinski definition) is 2. The van der Waals surface area contributed by atoms with E-state index in [2.05, 4.69) is 23.4 Å². The Morgan fingerprint density at radius 3 is 2.75 bits per heavy atom. The molecule has 1 saturated carbocycles. The van der Waals surface area contributed by atoms with Crippen LogP contribution in [0.25, 0.3) is 11.0 Å². The van der Waals surface area contributed by atoms with Crippen LogP contribution in [0.2, 0.25) is 0 Å². The lowest BCUT2D eigenvalue weighted by atomic mass is 10.3. The molecule has 1 aliphatic carbocycles. The molecule has 1 heterocycles. The van der Waals surface area contributed by atoms with Gasteiger partial charge in [0.1, 0.15) is 12.4 Å². The molecule has 0 unspecified atom stereocenters. The van der Waals surface area contributed by atoms with Crippen LogP contribution in [0.4, 0.5) is 0 Å². The molecule has 4 nitrogen and oxygen atoms in total. The van der Waals surface area contributed by atoms with Crippen molar-refractivity contribution in [1.82, 2.24) is 14.5 Å². The van der Waals surface area contributed by atoms with E-state index >= 15 is 0 Å². The number of rotatable bonds is 5. The van der Waals surface area contributed by atoms with Crippen LogP contribution in [0, 0.1) is 0 Å². The summed E-state index contributed by atoms with van der Waals surface area (Å²) in [7, 11) is 0. The first-order valence-corrected chi connectivity index (χ1v) is 7.48. The van der Waals surface area contributed by atoms with Crippen LogP contribution in [0.1, 0.15) is 32.5 Å². The van der Waals surface area contributed by atoms with Crippen LogP contribution in [-0.2, 0) is 17.8 Å². The van der Waals surface area contributed by atoms with E-state index in [0.29, 0.717) is 12.6 Å². The molecule has 0 saturated heterocycles. The van der Waals surface area contributed by atoms with Crippen LogP contribution in [0.15, 0.2) is 24.3 Å². The standard InChI is InChI=1S/C16H21N3O/c1-3-15-17-13-7-5-6-8-14(13)19(15)11-16(20)18(4-2)12-9-10-12/h5-8,12H,3-4,9-11H2,1-2H3. The highest BCUT2D eigenvalue weighted by atomic mass is 16.2. The number of aromatic nitrogens is 2. The van der Waals surface area contributed by atoms with Crippen LogP contribution >= 0.6 is 0 Å². The van der Waals surface area contributed by atoms with E-state index in [0.717, 1.165) is 42.7 Å². The minimum absolute atomic E-state index is 0.216. The molecule has 106 valence electrons. The molecule has 0 aliphatic heterocycles. The number of amides is 1. The molecule has 0 N–H and O–H groups in total. The highest BCUT2D eigenvalue weighted by Gasteiger charge is 2.31. The number of carbonyl (C=O) groups is 1. The summed E-state index contributed by atoms with van der Waals surface area (Å²) in [6.07, 6.45) is 3.16. The highest BCUT2D eigenvalue weighted by Crippen LogP contribution is 2.27. The van der Waals surface area contributed by atoms with Crippen molar-refractivity contribution in [2.24, 2.45) is 0 Å². The van der Waals surface area contributed by atoms with Crippen molar-refractivity contribution < 1.29 is 4.79 Å². The lowest BCUT2D eigenvalue weighted by molar-refractivity contribution is -0.132. The maximum absolute atomic E-state index is 12.5. The SMILES string of the molecule is CCc1nc2ccccc2n1CC(=O)N(CC)C1CC1. The second-order valence-electron chi connectivity index (χ2n) is 5.37. The Kier molecular flexibility index (Phi) is 3.47. The Hall–Kier alpha value is -1.84. The summed E-state index contributed by atoms with van der Waals surface area (Å²) in [6, 6.07) is 8.52. The Bertz CT molecular complexity index is 628. The zero-order valence-electron chi connectivity index (χ0n) is 12.2. The number of likely N-dealkylation sites (N-methyl/N-ethyl adjacent to an activating group) is 1. The summed E-state index contributed by atoms with van der Waals surface area (Å²) in [4.78, 5) is 19.1. The quantitative estimate of drug-likeness (QED) is 0.838. The number of nitrogens with zero attached hydrogens (tertiary/aromatic N) is 3. The maximum atomic E-state index is 12.5. The van der Waals surface area contributed by atoms with Gasteiger partial charge in [0.05, 0.1) is 11.0 Å². The van der Waals surface area contributed by atoms with Crippen molar-refractivity contribution in [3.8, 4) is 0 Å². The molecule has 4 heteroatoms. The second kappa shape index (κ2) is 5.27. The Morgan fingerprint density at radius 2 is 2.10 bits per heavy atom. The monoisotopic (exact) mass is 271 g/mol. The molecule has 3 rings (SSSR count). The van der Waals surface area contributed by atoms with Crippen molar-refractivity contribution >= 4 is 16.9 Å². The minimum Gasteiger partial charge on any atom is -0.338 e. The molecule has 0 bridgehead atoms. The fraction of sp³-hybridized carbons (Fsp3) is 0.500. The van der Waals surface area contributed by atoms with Gasteiger partial charge in [0.2, 0.25) is 5.91 Å². The lowest BCUT2D eigenvalue weighted by Crippen LogP contribution is -2.35. The zero-order chi connectivity index (χ0) is 14.1. The largest absolute Gasteiger partial charge is 0.338 e. The number of hydrogen-bond donors (Lipinski definition) is 0. The van der Waals surface area contributed by atoms with Gasteiger partial charge in [-0.05, 0) is 31.9 Å². The lowest BCUT2D eigenvalue weighted by Gasteiger charge is -2.21. The molecule has 1 aromatic heterocycles. The van der Waals surface area contributed by atoms with Gasteiger partial charge in [0.15, 0.2) is 0 Å². The molecular weight excluding hydrogens is 250 g/mol. The van der Waals surface area contributed by atoms with Crippen molar-refractivity contribution in [1.29, 1.82) is 0 Å². The number of fused-ring (bicyclic) bond motifs is 1. The molecule has 0 atom stereocenters. The minimum atomic E-state index is 0.216. The zero-order valence-corrected chi connectivity index (χ0v) is 12.2. The van der Waals surface area contributed by atoms with Crippen LogP contribution in [0.5, 0.6) is 0 Å². The van der Waals surface area contributed by atoms with Gasteiger partial charge in [-0.3, -0.25) is 4.79 Å². The number of para-hydroxylation sites is 2. The molecule has 1 aromatic carbocycles. The second-order valence-corrected chi connectivity index (χ2v) is 5.37. The predicted molar refractivity (Wildman–Crippen MR) is 79.5 cm³/mol. The van der Waals surface area contributed by atoms with Crippen LogP contribution < -0.4 is 0 Å². The average Bonchev–Trinajstić information content (AvgIpc) is 3.23. The summed E-state index contributed by atoms with van der Waals surface area (Å²) in [5.41, 5.74) is 2.04. The normalized spacial score (nSPS) is 14.7. The van der Waals surface area contributed by atoms with Gasteiger partial charge in [0, 0.05) is 19.0 Å². The Morgan fingerprint density at radius 1 is 1.35 bits per heavy atom. The van der Waals surface area contributed by atoms with Gasteiger partial charge in [-0.15, -0.1) is 0 Å². The van der Waals surface area contributed by atoms with E-state index in [4.69, 9.17) is 0 Å². The average molecular weight is 271 g/mol. The molecule has 2 aromatic rings. The van der Waals surface area contributed by atoms with E-state index in [1.165, 1.54) is 0 Å². The van der Waals surface area contributed by atoms with Crippen molar-refractivity contribution in [3.05, 3.63) is 30.1 Å². The Labute approximate surface area is 119 Å². The fourth-order valence-electron chi connectivity index (χ4n) is 2.82. The smallest absolute Gasteiger partial charge is 0.242 e. The van der Waals surface area contributed by atoms with Crippen LogP contribution in [0.3, 0.4) is 0 Å². The van der Waals surface area contributed by atoms with E-state index in [9.17, 15) is 4.79 Å². The molecule has 1 fully saturated rings. The third kappa shape index (κ3) is 2.30. The number of carbonyl (C=O) groups excluding carboxylic acids is 1. The molecule has 0 spiro atoms. The number of aryl methyl sites for hydroxylation is 1. The number of benzene rings is 1. The van der Waals surface area contributed by atoms with E-state index in [1.807, 2.05) is 29.2 Å². The summed E-state index contributed by atoms with van der Waals surface area (Å²) in [5.74, 6) is 1.21. The van der Waals surface area contributed by atoms with Gasteiger partial charge in [-0.2, -0.15) is 0 Å². The maximum Gasteiger partial charge on any atom is 0.242 e. The van der Waals surface area contributed by atoms with Crippen molar-refractivity contribution in [3.63, 3.8) is 0 Å². The molecule has 1 aliphatic rings. The van der Waals surface area contributed by atoms with Crippen molar-refractivity contribution in [2.45, 2.75) is 45.7 Å². The third-order valence-corrected chi connectivity index (χ3v) is 3.99. The first kappa shape index (κ1) is 13.2. The summed E-state index contributed by atoms with van der Waals surface area (Å²) < 4.78 is 2.07. The van der Waals surface area contributed by atoms with E-state index in [1.54, 1.807) is 0 Å². The topological polar surface area (TPSA) is 38.1 Å². The van der Waals surface area contributed by atoms with E-state index in [-0.39, 0.29) is 5.91 Å². The third-order valence-electron chi connectivity index (χ3n) is 3.99. The summed E-state index contributed by atoms with van der Waals surface area (Å²) >= 11 is 0. The first-order valence-electron chi connectivity index (χ1n) is 7.48. The summed E-state index contributed by atoms with van der Waals surface area (Å²) in [6.45, 7) is 5.36.